The van der Waals surface area contributed by atoms with E-state index in [4.69, 9.17) is 0 Å². The van der Waals surface area contributed by atoms with Crippen LogP contribution in [0.3, 0.4) is 0 Å². The first-order valence-electron chi connectivity index (χ1n) is 9.85. The second kappa shape index (κ2) is 8.02. The maximum Gasteiger partial charge on any atom is 0.254 e. The lowest BCUT2D eigenvalue weighted by atomic mass is 9.79. The molecule has 1 fully saturated rings. The largest absolute Gasteiger partial charge is 0.378 e. The zero-order valence-electron chi connectivity index (χ0n) is 16.1. The Morgan fingerprint density at radius 1 is 0.897 bits per heavy atom. The molecule has 0 saturated carbocycles. The summed E-state index contributed by atoms with van der Waals surface area (Å²) in [6, 6.07) is 25.4. The second-order valence-electron chi connectivity index (χ2n) is 7.36. The van der Waals surface area contributed by atoms with Crippen LogP contribution in [-0.2, 0) is 5.60 Å². The molecule has 146 valence electrons. The third-order valence-corrected chi connectivity index (χ3v) is 5.74. The lowest BCUT2D eigenvalue weighted by Crippen LogP contribution is -2.50. The highest BCUT2D eigenvalue weighted by atomic mass is 16.3. The molecule has 1 saturated heterocycles. The molecule has 0 aromatic heterocycles. The molecule has 4 heteroatoms. The van der Waals surface area contributed by atoms with Gasteiger partial charge < -0.3 is 10.0 Å². The minimum absolute atomic E-state index is 0.222. The van der Waals surface area contributed by atoms with E-state index in [1.807, 2.05) is 60.7 Å². The summed E-state index contributed by atoms with van der Waals surface area (Å²) in [6.07, 6.45) is 2.18. The molecule has 1 aliphatic heterocycles. The fourth-order valence-corrected chi connectivity index (χ4v) is 4.33. The maximum absolute atomic E-state index is 13.4. The van der Waals surface area contributed by atoms with Gasteiger partial charge in [-0.2, -0.15) is 0 Å². The molecule has 0 unspecified atom stereocenters. The van der Waals surface area contributed by atoms with Gasteiger partial charge in [0.2, 0.25) is 0 Å². The summed E-state index contributed by atoms with van der Waals surface area (Å²) >= 11 is 0. The Hall–Kier alpha value is -3.24. The number of carbonyl (C=O) groups excluding carboxylic acids is 2. The lowest BCUT2D eigenvalue weighted by Gasteiger charge is -2.40. The van der Waals surface area contributed by atoms with E-state index in [0.717, 1.165) is 17.5 Å². The minimum atomic E-state index is -1.34. The number of benzene rings is 3. The Bertz CT molecular complexity index is 961. The molecule has 0 aliphatic carbocycles. The first-order valence-corrected chi connectivity index (χ1v) is 9.85. The lowest BCUT2D eigenvalue weighted by molar-refractivity contribution is -0.000744. The van der Waals surface area contributed by atoms with Gasteiger partial charge in [-0.3, -0.25) is 9.59 Å². The van der Waals surface area contributed by atoms with E-state index in [2.05, 4.69) is 0 Å². The SMILES string of the molecule is O=Cc1ccccc1C(=O)N1CCC[C@H]1C(O)(c1ccccc1)c1ccccc1. The first kappa shape index (κ1) is 19.1. The number of rotatable bonds is 5. The third kappa shape index (κ3) is 3.36. The van der Waals surface area contributed by atoms with E-state index < -0.39 is 11.6 Å². The summed E-state index contributed by atoms with van der Waals surface area (Å²) in [6.45, 7) is 0.540. The van der Waals surface area contributed by atoms with Crippen LogP contribution < -0.4 is 0 Å². The van der Waals surface area contributed by atoms with Crippen LogP contribution in [0.15, 0.2) is 84.9 Å². The van der Waals surface area contributed by atoms with Gasteiger partial charge in [-0.15, -0.1) is 0 Å². The number of hydrogen-bond acceptors (Lipinski definition) is 3. The highest BCUT2D eigenvalue weighted by molar-refractivity contribution is 6.01. The Balaban J connectivity index is 1.80. The van der Waals surface area contributed by atoms with Crippen LogP contribution in [0.5, 0.6) is 0 Å². The number of aliphatic hydroxyl groups is 1. The van der Waals surface area contributed by atoms with Gasteiger partial charge in [-0.1, -0.05) is 78.9 Å². The van der Waals surface area contributed by atoms with Crippen molar-refractivity contribution in [3.8, 4) is 0 Å². The molecule has 3 aromatic rings. The van der Waals surface area contributed by atoms with Crippen LogP contribution in [0.25, 0.3) is 0 Å². The highest BCUT2D eigenvalue weighted by Crippen LogP contribution is 2.40. The summed E-state index contributed by atoms with van der Waals surface area (Å²) in [5.74, 6) is -0.222. The minimum Gasteiger partial charge on any atom is -0.378 e. The zero-order valence-corrected chi connectivity index (χ0v) is 16.1. The van der Waals surface area contributed by atoms with Crippen molar-refractivity contribution in [2.24, 2.45) is 0 Å². The molecular weight excluding hydrogens is 362 g/mol. The van der Waals surface area contributed by atoms with E-state index >= 15 is 0 Å². The first-order chi connectivity index (χ1) is 14.2. The number of hydrogen-bond donors (Lipinski definition) is 1. The summed E-state index contributed by atoms with van der Waals surface area (Å²) in [5.41, 5.74) is 0.897. The maximum atomic E-state index is 13.4. The van der Waals surface area contributed by atoms with Crippen LogP contribution in [0, 0.1) is 0 Å². The van der Waals surface area contributed by atoms with Crippen LogP contribution in [0.4, 0.5) is 0 Å². The average molecular weight is 385 g/mol. The fraction of sp³-hybridized carbons (Fsp3) is 0.200. The third-order valence-electron chi connectivity index (χ3n) is 5.74. The Labute approximate surface area is 170 Å². The summed E-state index contributed by atoms with van der Waals surface area (Å²) in [5, 5.41) is 12.1. The molecule has 0 radical (unpaired) electrons. The Kier molecular flexibility index (Phi) is 5.28. The van der Waals surface area contributed by atoms with Crippen molar-refractivity contribution in [2.75, 3.05) is 6.54 Å². The molecule has 0 bridgehead atoms. The van der Waals surface area contributed by atoms with Gasteiger partial charge in [0.05, 0.1) is 11.6 Å². The van der Waals surface area contributed by atoms with Crippen molar-refractivity contribution in [1.29, 1.82) is 0 Å². The zero-order chi connectivity index (χ0) is 20.3. The van der Waals surface area contributed by atoms with Crippen LogP contribution in [-0.4, -0.2) is 34.8 Å². The van der Waals surface area contributed by atoms with Gasteiger partial charge in [-0.25, -0.2) is 0 Å². The van der Waals surface area contributed by atoms with E-state index in [9.17, 15) is 14.7 Å². The summed E-state index contributed by atoms with van der Waals surface area (Å²) in [7, 11) is 0. The van der Waals surface area contributed by atoms with Gasteiger partial charge in [0.25, 0.3) is 5.91 Å². The van der Waals surface area contributed by atoms with Crippen molar-refractivity contribution in [1.82, 2.24) is 4.90 Å². The van der Waals surface area contributed by atoms with Crippen molar-refractivity contribution in [3.05, 3.63) is 107 Å². The number of carbonyl (C=O) groups is 2. The van der Waals surface area contributed by atoms with Crippen LogP contribution in [0.1, 0.15) is 44.7 Å². The standard InChI is InChI=1S/C25H23NO3/c27-18-19-10-7-8-15-22(19)24(28)26-17-9-16-23(26)25(29,20-11-3-1-4-12-20)21-13-5-2-6-14-21/h1-8,10-15,18,23,29H,9,16-17H2/t23-/m0/s1. The average Bonchev–Trinajstić information content (AvgIpc) is 3.29. The molecule has 1 N–H and O–H groups in total. The summed E-state index contributed by atoms with van der Waals surface area (Å²) < 4.78 is 0. The summed E-state index contributed by atoms with van der Waals surface area (Å²) in [4.78, 5) is 26.6. The Morgan fingerprint density at radius 3 is 2.03 bits per heavy atom. The smallest absolute Gasteiger partial charge is 0.254 e. The number of likely N-dealkylation sites (tertiary alicyclic amines) is 1. The number of nitrogens with zero attached hydrogens (tertiary/aromatic N) is 1. The van der Waals surface area contributed by atoms with Gasteiger partial charge in [0, 0.05) is 12.1 Å². The molecule has 29 heavy (non-hydrogen) atoms. The van der Waals surface area contributed by atoms with E-state index in [-0.39, 0.29) is 5.91 Å². The van der Waals surface area contributed by atoms with Crippen LogP contribution in [0.2, 0.25) is 0 Å². The van der Waals surface area contributed by atoms with Gasteiger partial charge in [-0.05, 0) is 30.0 Å². The molecule has 1 aliphatic rings. The molecule has 1 heterocycles. The van der Waals surface area contributed by atoms with Crippen molar-refractivity contribution in [2.45, 2.75) is 24.5 Å². The molecule has 1 amide bonds. The van der Waals surface area contributed by atoms with Gasteiger partial charge in [0.1, 0.15) is 5.60 Å². The second-order valence-corrected chi connectivity index (χ2v) is 7.36. The molecule has 3 aromatic carbocycles. The number of amides is 1. The normalized spacial score (nSPS) is 16.6. The van der Waals surface area contributed by atoms with Gasteiger partial charge in [0.15, 0.2) is 6.29 Å². The van der Waals surface area contributed by atoms with Gasteiger partial charge >= 0.3 is 0 Å². The molecule has 4 nitrogen and oxygen atoms in total. The van der Waals surface area contributed by atoms with E-state index in [1.165, 1.54) is 0 Å². The predicted octanol–water partition coefficient (Wildman–Crippen LogP) is 4.04. The molecule has 1 atom stereocenters. The fourth-order valence-electron chi connectivity index (χ4n) is 4.33. The molecule has 4 rings (SSSR count). The monoisotopic (exact) mass is 385 g/mol. The van der Waals surface area contributed by atoms with E-state index in [0.29, 0.717) is 30.4 Å². The topological polar surface area (TPSA) is 57.6 Å². The van der Waals surface area contributed by atoms with Crippen molar-refractivity contribution >= 4 is 12.2 Å². The highest BCUT2D eigenvalue weighted by Gasteiger charge is 2.47. The van der Waals surface area contributed by atoms with E-state index in [1.54, 1.807) is 29.2 Å². The van der Waals surface area contributed by atoms with Crippen molar-refractivity contribution < 1.29 is 14.7 Å². The number of aldehydes is 1. The van der Waals surface area contributed by atoms with Crippen LogP contribution >= 0.6 is 0 Å². The van der Waals surface area contributed by atoms with Crippen molar-refractivity contribution in [3.63, 3.8) is 0 Å². The molecule has 0 spiro atoms. The molecular formula is C25H23NO3. The quantitative estimate of drug-likeness (QED) is 0.675. The Morgan fingerprint density at radius 2 is 1.45 bits per heavy atom. The predicted molar refractivity (Wildman–Crippen MR) is 112 cm³/mol.